The highest BCUT2D eigenvalue weighted by Gasteiger charge is 2.17. The molecule has 0 atom stereocenters. The van der Waals surface area contributed by atoms with Crippen molar-refractivity contribution in [1.82, 2.24) is 0 Å². The summed E-state index contributed by atoms with van der Waals surface area (Å²) in [5.74, 6) is 1.27. The first-order valence-corrected chi connectivity index (χ1v) is 9.45. The molecule has 0 saturated carbocycles. The Kier molecular flexibility index (Phi) is 5.31. The molecule has 0 unspecified atom stereocenters. The second-order valence-electron chi connectivity index (χ2n) is 5.83. The summed E-state index contributed by atoms with van der Waals surface area (Å²) in [6, 6.07) is 5.46. The first-order chi connectivity index (χ1) is 10.7. The van der Waals surface area contributed by atoms with Crippen LogP contribution in [0.3, 0.4) is 0 Å². The zero-order valence-electron chi connectivity index (χ0n) is 12.8. The van der Waals surface area contributed by atoms with Gasteiger partial charge in [0.05, 0.1) is 12.3 Å². The predicted molar refractivity (Wildman–Crippen MR) is 88.5 cm³/mol. The molecule has 2 saturated heterocycles. The molecule has 0 spiro atoms. The smallest absolute Gasteiger partial charge is 0.148 e. The van der Waals surface area contributed by atoms with Crippen molar-refractivity contribution in [3.05, 3.63) is 24.0 Å². The third-order valence-corrected chi connectivity index (χ3v) is 5.69. The maximum absolute atomic E-state index is 14.5. The van der Waals surface area contributed by atoms with Gasteiger partial charge in [0.25, 0.3) is 0 Å². The number of hydrogen-bond donors (Lipinski definition) is 0. The average molecular weight is 326 g/mol. The number of ether oxygens (including phenoxy) is 1. The quantitative estimate of drug-likeness (QED) is 0.835. The van der Waals surface area contributed by atoms with Gasteiger partial charge >= 0.3 is 0 Å². The second-order valence-corrected chi connectivity index (χ2v) is 7.53. The maximum Gasteiger partial charge on any atom is 0.148 e. The van der Waals surface area contributed by atoms with E-state index in [1.165, 1.54) is 0 Å². The number of halogens is 1. The summed E-state index contributed by atoms with van der Waals surface area (Å²) in [5, 5.41) is 0. The van der Waals surface area contributed by atoms with Gasteiger partial charge in [0.2, 0.25) is 0 Å². The molecule has 2 aliphatic rings. The second kappa shape index (κ2) is 7.42. The molecule has 0 amide bonds. The van der Waals surface area contributed by atoms with Crippen LogP contribution in [0.25, 0.3) is 0 Å². The van der Waals surface area contributed by atoms with Crippen LogP contribution < -0.4 is 9.80 Å². The average Bonchev–Trinajstić information content (AvgIpc) is 2.52. The van der Waals surface area contributed by atoms with Crippen molar-refractivity contribution >= 4 is 22.2 Å². The molecule has 2 heterocycles. The lowest BCUT2D eigenvalue weighted by atomic mass is 10.2. The van der Waals surface area contributed by atoms with E-state index in [2.05, 4.69) is 9.80 Å². The van der Waals surface area contributed by atoms with Crippen LogP contribution in [0, 0.1) is 5.82 Å². The lowest BCUT2D eigenvalue weighted by molar-refractivity contribution is 0.107. The minimum absolute atomic E-state index is 0.176. The van der Waals surface area contributed by atoms with Crippen LogP contribution in [0.5, 0.6) is 0 Å². The highest BCUT2D eigenvalue weighted by atomic mass is 32.2. The Morgan fingerprint density at radius 1 is 1.05 bits per heavy atom. The van der Waals surface area contributed by atoms with E-state index in [1.807, 2.05) is 12.1 Å². The van der Waals surface area contributed by atoms with Crippen molar-refractivity contribution in [3.8, 4) is 0 Å². The Hall–Kier alpha value is -1.14. The van der Waals surface area contributed by atoms with Crippen LogP contribution in [0.2, 0.25) is 0 Å². The molecule has 4 nitrogen and oxygen atoms in total. The van der Waals surface area contributed by atoms with Gasteiger partial charge in [0.1, 0.15) is 12.5 Å². The molecule has 3 rings (SSSR count). The standard InChI is InChI=1S/C16H23FN2O2S/c17-15-12-14(19-6-1-9-21-13-19)4-5-16(15)18-7-2-10-22(20)11-3-8-18/h4-5,12H,1-3,6-11,13H2. The van der Waals surface area contributed by atoms with Crippen molar-refractivity contribution in [2.24, 2.45) is 0 Å². The normalized spacial score (nSPS) is 21.5. The number of rotatable bonds is 2. The molecule has 1 aromatic rings. The number of benzene rings is 1. The number of nitrogens with zero attached hydrogens (tertiary/aromatic N) is 2. The summed E-state index contributed by atoms with van der Waals surface area (Å²) in [4.78, 5) is 4.15. The monoisotopic (exact) mass is 326 g/mol. The van der Waals surface area contributed by atoms with Crippen molar-refractivity contribution in [3.63, 3.8) is 0 Å². The SMILES string of the molecule is O=S1CCCN(c2ccc(N3CCCOC3)cc2F)CCC1. The van der Waals surface area contributed by atoms with E-state index in [0.717, 1.165) is 62.7 Å². The van der Waals surface area contributed by atoms with E-state index in [9.17, 15) is 8.60 Å². The third-order valence-electron chi connectivity index (χ3n) is 4.20. The van der Waals surface area contributed by atoms with E-state index < -0.39 is 10.8 Å². The topological polar surface area (TPSA) is 32.8 Å². The molecule has 0 aliphatic carbocycles. The number of anilines is 2. The van der Waals surface area contributed by atoms with Crippen molar-refractivity contribution in [2.75, 3.05) is 54.3 Å². The van der Waals surface area contributed by atoms with E-state index >= 15 is 0 Å². The van der Waals surface area contributed by atoms with Gasteiger partial charge in [0, 0.05) is 47.6 Å². The molecule has 122 valence electrons. The van der Waals surface area contributed by atoms with Gasteiger partial charge in [-0.2, -0.15) is 0 Å². The fourth-order valence-electron chi connectivity index (χ4n) is 3.04. The van der Waals surface area contributed by atoms with Crippen LogP contribution >= 0.6 is 0 Å². The zero-order chi connectivity index (χ0) is 15.4. The summed E-state index contributed by atoms with van der Waals surface area (Å²) in [7, 11) is -0.693. The van der Waals surface area contributed by atoms with E-state index in [0.29, 0.717) is 12.4 Å². The Balaban J connectivity index is 1.72. The Bertz CT molecular complexity index is 523. The van der Waals surface area contributed by atoms with Gasteiger partial charge in [-0.3, -0.25) is 4.21 Å². The summed E-state index contributed by atoms with van der Waals surface area (Å²) in [5.41, 5.74) is 1.54. The lowest BCUT2D eigenvalue weighted by Crippen LogP contribution is -2.33. The molecule has 2 aliphatic heterocycles. The Labute approximate surface area is 133 Å². The molecule has 0 N–H and O–H groups in total. The van der Waals surface area contributed by atoms with Crippen LogP contribution in [-0.4, -0.2) is 48.7 Å². The van der Waals surface area contributed by atoms with E-state index in [-0.39, 0.29) is 5.82 Å². The molecule has 0 radical (unpaired) electrons. The first-order valence-electron chi connectivity index (χ1n) is 7.96. The van der Waals surface area contributed by atoms with Gasteiger partial charge in [-0.1, -0.05) is 0 Å². The minimum atomic E-state index is -0.693. The molecular weight excluding hydrogens is 303 g/mol. The minimum Gasteiger partial charge on any atom is -0.369 e. The highest BCUT2D eigenvalue weighted by Crippen LogP contribution is 2.27. The molecule has 0 aromatic heterocycles. The fourth-order valence-corrected chi connectivity index (χ4v) is 4.14. The third kappa shape index (κ3) is 3.79. The van der Waals surface area contributed by atoms with E-state index in [4.69, 9.17) is 4.74 Å². The first kappa shape index (κ1) is 15.7. The lowest BCUT2D eigenvalue weighted by Gasteiger charge is -2.30. The van der Waals surface area contributed by atoms with Crippen LogP contribution in [0.1, 0.15) is 19.3 Å². The Morgan fingerprint density at radius 3 is 2.41 bits per heavy atom. The predicted octanol–water partition coefficient (Wildman–Crippen LogP) is 2.36. The van der Waals surface area contributed by atoms with Crippen molar-refractivity contribution in [1.29, 1.82) is 0 Å². The van der Waals surface area contributed by atoms with Crippen molar-refractivity contribution < 1.29 is 13.3 Å². The summed E-state index contributed by atoms with van der Waals surface area (Å²) in [6.45, 7) is 3.78. The summed E-state index contributed by atoms with van der Waals surface area (Å²) in [6.07, 6.45) is 2.69. The van der Waals surface area contributed by atoms with Gasteiger partial charge in [-0.05, 0) is 37.5 Å². The van der Waals surface area contributed by atoms with Crippen LogP contribution in [0.15, 0.2) is 18.2 Å². The fraction of sp³-hybridized carbons (Fsp3) is 0.625. The van der Waals surface area contributed by atoms with Crippen molar-refractivity contribution in [2.45, 2.75) is 19.3 Å². The molecule has 0 bridgehead atoms. The largest absolute Gasteiger partial charge is 0.369 e. The van der Waals surface area contributed by atoms with Gasteiger partial charge in [0.15, 0.2) is 0 Å². The highest BCUT2D eigenvalue weighted by molar-refractivity contribution is 7.84. The maximum atomic E-state index is 14.5. The molecule has 22 heavy (non-hydrogen) atoms. The van der Waals surface area contributed by atoms with E-state index in [1.54, 1.807) is 6.07 Å². The van der Waals surface area contributed by atoms with Crippen LogP contribution in [-0.2, 0) is 15.5 Å². The molecule has 6 heteroatoms. The number of hydrogen-bond acceptors (Lipinski definition) is 4. The molecule has 1 aromatic carbocycles. The molecular formula is C16H23FN2O2S. The van der Waals surface area contributed by atoms with Crippen LogP contribution in [0.4, 0.5) is 15.8 Å². The molecule has 2 fully saturated rings. The summed E-state index contributed by atoms with van der Waals surface area (Å²) < 4.78 is 31.5. The zero-order valence-corrected chi connectivity index (χ0v) is 13.6. The van der Waals surface area contributed by atoms with Gasteiger partial charge < -0.3 is 14.5 Å². The summed E-state index contributed by atoms with van der Waals surface area (Å²) >= 11 is 0. The van der Waals surface area contributed by atoms with Gasteiger partial charge in [-0.15, -0.1) is 0 Å². The Morgan fingerprint density at radius 2 is 1.77 bits per heavy atom. The van der Waals surface area contributed by atoms with Gasteiger partial charge in [-0.25, -0.2) is 4.39 Å².